The number of carbonyl (C=O) groups is 1. The van der Waals surface area contributed by atoms with Gasteiger partial charge in [-0.2, -0.15) is 0 Å². The van der Waals surface area contributed by atoms with Crippen LogP contribution in [0.1, 0.15) is 33.6 Å². The molecular formula is C12H24N2O2. The van der Waals surface area contributed by atoms with Gasteiger partial charge < -0.3 is 15.4 Å². The minimum Gasteiger partial charge on any atom is -0.381 e. The highest BCUT2D eigenvalue weighted by Crippen LogP contribution is 2.21. The topological polar surface area (TPSA) is 50.4 Å². The van der Waals surface area contributed by atoms with Gasteiger partial charge in [-0.25, -0.2) is 0 Å². The van der Waals surface area contributed by atoms with Crippen molar-refractivity contribution < 1.29 is 9.53 Å². The lowest BCUT2D eigenvalue weighted by atomic mass is 9.89. The summed E-state index contributed by atoms with van der Waals surface area (Å²) in [5, 5.41) is 6.21. The Morgan fingerprint density at radius 1 is 1.38 bits per heavy atom. The summed E-state index contributed by atoms with van der Waals surface area (Å²) >= 11 is 0. The van der Waals surface area contributed by atoms with Crippen LogP contribution in [0.4, 0.5) is 0 Å². The van der Waals surface area contributed by atoms with Crippen molar-refractivity contribution in [2.45, 2.75) is 51.8 Å². The summed E-state index contributed by atoms with van der Waals surface area (Å²) in [6.07, 6.45) is 2.42. The molecule has 0 aliphatic heterocycles. The number of methoxy groups -OCH3 is 1. The molecule has 1 saturated carbocycles. The molecule has 0 aromatic rings. The maximum atomic E-state index is 11.5. The van der Waals surface area contributed by atoms with Gasteiger partial charge in [-0.15, -0.1) is 0 Å². The first-order valence-electron chi connectivity index (χ1n) is 6.08. The number of hydrogen-bond acceptors (Lipinski definition) is 3. The molecule has 4 nitrogen and oxygen atoms in total. The third kappa shape index (κ3) is 4.10. The Hall–Kier alpha value is -0.610. The summed E-state index contributed by atoms with van der Waals surface area (Å²) in [6.45, 7) is 6.66. The standard InChI is InChI=1S/C12H24N2O2/c1-8(2)9(3)14-12(15)7-13-10-5-11(6-10)16-4/h8-11,13H,5-7H2,1-4H3,(H,14,15). The van der Waals surface area contributed by atoms with Crippen molar-refractivity contribution in [3.05, 3.63) is 0 Å². The molecular weight excluding hydrogens is 204 g/mol. The van der Waals surface area contributed by atoms with Gasteiger partial charge in [0.2, 0.25) is 5.91 Å². The van der Waals surface area contributed by atoms with Crippen LogP contribution >= 0.6 is 0 Å². The van der Waals surface area contributed by atoms with Crippen LogP contribution in [0.25, 0.3) is 0 Å². The first kappa shape index (κ1) is 13.5. The fourth-order valence-corrected chi connectivity index (χ4v) is 1.63. The highest BCUT2D eigenvalue weighted by atomic mass is 16.5. The summed E-state index contributed by atoms with van der Waals surface area (Å²) < 4.78 is 5.18. The fourth-order valence-electron chi connectivity index (χ4n) is 1.63. The van der Waals surface area contributed by atoms with Crippen LogP contribution in [0.5, 0.6) is 0 Å². The summed E-state index contributed by atoms with van der Waals surface area (Å²) in [6, 6.07) is 0.687. The molecule has 2 N–H and O–H groups in total. The lowest BCUT2D eigenvalue weighted by molar-refractivity contribution is -0.121. The Bertz CT molecular complexity index is 225. The van der Waals surface area contributed by atoms with Crippen molar-refractivity contribution >= 4 is 5.91 Å². The quantitative estimate of drug-likeness (QED) is 0.710. The number of carbonyl (C=O) groups excluding carboxylic acids is 1. The van der Waals surface area contributed by atoms with Crippen molar-refractivity contribution in [3.63, 3.8) is 0 Å². The molecule has 1 amide bonds. The maximum Gasteiger partial charge on any atom is 0.234 e. The van der Waals surface area contributed by atoms with E-state index in [0.29, 0.717) is 24.6 Å². The molecule has 16 heavy (non-hydrogen) atoms. The van der Waals surface area contributed by atoms with Gasteiger partial charge in [0.25, 0.3) is 0 Å². The Balaban J connectivity index is 2.07. The van der Waals surface area contributed by atoms with Crippen LogP contribution < -0.4 is 10.6 Å². The third-order valence-electron chi connectivity index (χ3n) is 3.37. The molecule has 4 heteroatoms. The van der Waals surface area contributed by atoms with E-state index in [0.717, 1.165) is 12.8 Å². The second-order valence-electron chi connectivity index (χ2n) is 5.01. The van der Waals surface area contributed by atoms with Gasteiger partial charge in [0.1, 0.15) is 0 Å². The van der Waals surface area contributed by atoms with Gasteiger partial charge in [-0.1, -0.05) is 13.8 Å². The normalized spacial score (nSPS) is 26.3. The molecule has 0 radical (unpaired) electrons. The molecule has 1 fully saturated rings. The molecule has 1 unspecified atom stereocenters. The summed E-state index contributed by atoms with van der Waals surface area (Å²) in [5.41, 5.74) is 0. The van der Waals surface area contributed by atoms with Crippen LogP contribution in [0, 0.1) is 5.92 Å². The molecule has 0 aromatic heterocycles. The van der Waals surface area contributed by atoms with Gasteiger partial charge in [0.15, 0.2) is 0 Å². The molecule has 1 atom stereocenters. The summed E-state index contributed by atoms with van der Waals surface area (Å²) in [4.78, 5) is 11.5. The van der Waals surface area contributed by atoms with E-state index in [1.54, 1.807) is 7.11 Å². The van der Waals surface area contributed by atoms with Gasteiger partial charge in [-0.05, 0) is 25.7 Å². The van der Waals surface area contributed by atoms with Crippen molar-refractivity contribution in [1.29, 1.82) is 0 Å². The van der Waals surface area contributed by atoms with Gasteiger partial charge >= 0.3 is 0 Å². The second kappa shape index (κ2) is 6.21. The van der Waals surface area contributed by atoms with Crippen LogP contribution in [0.2, 0.25) is 0 Å². The predicted molar refractivity (Wildman–Crippen MR) is 64.3 cm³/mol. The van der Waals surface area contributed by atoms with E-state index in [1.807, 2.05) is 6.92 Å². The molecule has 1 rings (SSSR count). The average Bonchev–Trinajstić information content (AvgIpc) is 2.15. The summed E-state index contributed by atoms with van der Waals surface area (Å²) in [5.74, 6) is 0.563. The van der Waals surface area contributed by atoms with Crippen molar-refractivity contribution in [1.82, 2.24) is 10.6 Å². The zero-order chi connectivity index (χ0) is 12.1. The fraction of sp³-hybridized carbons (Fsp3) is 0.917. The highest BCUT2D eigenvalue weighted by Gasteiger charge is 2.28. The number of nitrogens with one attached hydrogen (secondary N) is 2. The maximum absolute atomic E-state index is 11.5. The van der Waals surface area contributed by atoms with Crippen LogP contribution in [0.15, 0.2) is 0 Å². The molecule has 0 saturated heterocycles. The van der Waals surface area contributed by atoms with Crippen LogP contribution in [0.3, 0.4) is 0 Å². The highest BCUT2D eigenvalue weighted by molar-refractivity contribution is 5.78. The number of amides is 1. The predicted octanol–water partition coefficient (Wildman–Crippen LogP) is 0.914. The van der Waals surface area contributed by atoms with Gasteiger partial charge in [0.05, 0.1) is 12.6 Å². The molecule has 1 aliphatic rings. The van der Waals surface area contributed by atoms with E-state index in [1.165, 1.54) is 0 Å². The zero-order valence-electron chi connectivity index (χ0n) is 10.7. The number of hydrogen-bond donors (Lipinski definition) is 2. The lowest BCUT2D eigenvalue weighted by Gasteiger charge is -2.34. The van der Waals surface area contributed by atoms with E-state index in [2.05, 4.69) is 24.5 Å². The smallest absolute Gasteiger partial charge is 0.234 e. The average molecular weight is 228 g/mol. The minimum atomic E-state index is 0.0852. The molecule has 0 spiro atoms. The molecule has 0 heterocycles. The largest absolute Gasteiger partial charge is 0.381 e. The monoisotopic (exact) mass is 228 g/mol. The Morgan fingerprint density at radius 2 is 2.00 bits per heavy atom. The molecule has 0 aromatic carbocycles. The number of rotatable bonds is 6. The van der Waals surface area contributed by atoms with E-state index in [4.69, 9.17) is 4.74 Å². The second-order valence-corrected chi connectivity index (χ2v) is 5.01. The molecule has 1 aliphatic carbocycles. The van der Waals surface area contributed by atoms with Gasteiger partial charge in [-0.3, -0.25) is 4.79 Å². The van der Waals surface area contributed by atoms with Crippen LogP contribution in [-0.2, 0) is 9.53 Å². The van der Waals surface area contributed by atoms with Crippen molar-refractivity contribution in [2.75, 3.05) is 13.7 Å². The first-order chi connectivity index (χ1) is 7.52. The van der Waals surface area contributed by atoms with E-state index >= 15 is 0 Å². The van der Waals surface area contributed by atoms with Crippen molar-refractivity contribution in [3.8, 4) is 0 Å². The lowest BCUT2D eigenvalue weighted by Crippen LogP contribution is -2.49. The van der Waals surface area contributed by atoms with E-state index in [-0.39, 0.29) is 11.9 Å². The van der Waals surface area contributed by atoms with E-state index < -0.39 is 0 Å². The Labute approximate surface area is 98.1 Å². The van der Waals surface area contributed by atoms with E-state index in [9.17, 15) is 4.79 Å². The van der Waals surface area contributed by atoms with Crippen molar-refractivity contribution in [2.24, 2.45) is 5.92 Å². The molecule has 0 bridgehead atoms. The van der Waals surface area contributed by atoms with Gasteiger partial charge in [0, 0.05) is 19.2 Å². The zero-order valence-corrected chi connectivity index (χ0v) is 10.7. The summed E-state index contributed by atoms with van der Waals surface area (Å²) in [7, 11) is 1.73. The first-order valence-corrected chi connectivity index (χ1v) is 6.08. The Kier molecular flexibility index (Phi) is 5.22. The number of ether oxygens (including phenoxy) is 1. The third-order valence-corrected chi connectivity index (χ3v) is 3.37. The van der Waals surface area contributed by atoms with Crippen LogP contribution in [-0.4, -0.2) is 37.7 Å². The minimum absolute atomic E-state index is 0.0852. The Morgan fingerprint density at radius 3 is 2.50 bits per heavy atom. The SMILES string of the molecule is COC1CC(NCC(=O)NC(C)C(C)C)C1. The molecule has 94 valence electrons.